The van der Waals surface area contributed by atoms with Gasteiger partial charge >= 0.3 is 0 Å². The van der Waals surface area contributed by atoms with E-state index in [9.17, 15) is 4.21 Å². The summed E-state index contributed by atoms with van der Waals surface area (Å²) < 4.78 is 13.3. The quantitative estimate of drug-likeness (QED) is 0.398. The lowest BCUT2D eigenvalue weighted by Gasteiger charge is -1.98. The van der Waals surface area contributed by atoms with Crippen LogP contribution >= 0.6 is 0 Å². The summed E-state index contributed by atoms with van der Waals surface area (Å²) >= 11 is -0.246. The van der Waals surface area contributed by atoms with Gasteiger partial charge in [0.25, 0.3) is 0 Å². The molecule has 1 rings (SSSR count). The first-order chi connectivity index (χ1) is 4.93. The fourth-order valence-electron chi connectivity index (χ4n) is 0.591. The second-order valence-corrected chi connectivity index (χ2v) is 2.02. The largest absolute Gasteiger partial charge is 0.445 e. The summed E-state index contributed by atoms with van der Waals surface area (Å²) in [5.41, 5.74) is 3.43. The van der Waals surface area contributed by atoms with Crippen molar-refractivity contribution in [1.82, 2.24) is 0 Å². The molecule has 0 unspecified atom stereocenters. The van der Waals surface area contributed by atoms with E-state index in [4.69, 9.17) is 0 Å². The molecule has 0 spiro atoms. The molecule has 0 aliphatic carbocycles. The van der Waals surface area contributed by atoms with Gasteiger partial charge in [-0.15, -0.1) is 0 Å². The van der Waals surface area contributed by atoms with Crippen molar-refractivity contribution in [2.24, 2.45) is 4.47 Å². The van der Waals surface area contributed by atoms with E-state index in [1.807, 2.05) is 30.3 Å². The number of rotatable bonds is 2. The van der Waals surface area contributed by atoms with Crippen LogP contribution in [0.15, 0.2) is 34.8 Å². The maximum absolute atomic E-state index is 9.85. The summed E-state index contributed by atoms with van der Waals surface area (Å²) in [6.07, 6.45) is 0. The number of hydrogen-bond acceptors (Lipinski definition) is 3. The molecule has 0 amide bonds. The first kappa shape index (κ1) is 7.08. The average molecular weight is 155 g/mol. The highest BCUT2D eigenvalue weighted by Gasteiger charge is 1.79. The Balaban J connectivity index is 2.67. The van der Waals surface area contributed by atoms with Gasteiger partial charge < -0.3 is 9.63 Å². The van der Waals surface area contributed by atoms with Crippen molar-refractivity contribution in [3.8, 4) is 0 Å². The molecule has 0 radical (unpaired) electrons. The Morgan fingerprint density at radius 2 is 2.00 bits per heavy atom. The van der Waals surface area contributed by atoms with Gasteiger partial charge in [-0.2, -0.15) is 11.5 Å². The zero-order chi connectivity index (χ0) is 7.23. The lowest BCUT2D eigenvalue weighted by atomic mass is 10.3. The van der Waals surface area contributed by atoms with Gasteiger partial charge in [0.05, 0.1) is 5.69 Å². The highest BCUT2D eigenvalue weighted by atomic mass is 32.1. The molecule has 0 fully saturated rings. The molecule has 3 nitrogen and oxygen atoms in total. The summed E-state index contributed by atoms with van der Waals surface area (Å²) in [6.45, 7) is 0. The minimum atomic E-state index is -0.246. The Morgan fingerprint density at radius 3 is 2.60 bits per heavy atom. The summed E-state index contributed by atoms with van der Waals surface area (Å²) in [7, 11) is 0. The summed E-state index contributed by atoms with van der Waals surface area (Å²) in [6, 6.07) is 9.34. The molecule has 0 saturated heterocycles. The SMILES string of the molecule is O=[SH-]=NNc1ccccc1. The zero-order valence-electron chi connectivity index (χ0n) is 5.19. The Kier molecular flexibility index (Phi) is 2.76. The van der Waals surface area contributed by atoms with Crippen LogP contribution in [0.1, 0.15) is 0 Å². The fraction of sp³-hybridized carbons (Fsp3) is 0. The maximum Gasteiger partial charge on any atom is 0.0538 e. The van der Waals surface area contributed by atoms with Crippen LogP contribution in [0.5, 0.6) is 0 Å². The van der Waals surface area contributed by atoms with Gasteiger partial charge in [0.2, 0.25) is 0 Å². The van der Waals surface area contributed by atoms with E-state index in [-0.39, 0.29) is 11.5 Å². The molecule has 0 atom stereocenters. The van der Waals surface area contributed by atoms with Crippen LogP contribution in [-0.4, -0.2) is 0 Å². The molecular weight excluding hydrogens is 148 g/mol. The lowest BCUT2D eigenvalue weighted by Crippen LogP contribution is -1.83. The molecular formula is C6H7N2OS-. The van der Waals surface area contributed by atoms with Crippen molar-refractivity contribution in [1.29, 1.82) is 0 Å². The van der Waals surface area contributed by atoms with Crippen molar-refractivity contribution < 1.29 is 4.21 Å². The van der Waals surface area contributed by atoms with Gasteiger partial charge in [0.15, 0.2) is 0 Å². The third-order valence-corrected chi connectivity index (χ3v) is 1.18. The molecule has 0 aliphatic rings. The van der Waals surface area contributed by atoms with Crippen LogP contribution in [0.3, 0.4) is 0 Å². The Hall–Kier alpha value is -1.03. The van der Waals surface area contributed by atoms with E-state index in [1.54, 1.807) is 0 Å². The fourth-order valence-corrected chi connectivity index (χ4v) is 0.747. The molecule has 0 bridgehead atoms. The smallest absolute Gasteiger partial charge is 0.0538 e. The molecule has 1 aromatic rings. The van der Waals surface area contributed by atoms with Gasteiger partial charge in [0.1, 0.15) is 0 Å². The van der Waals surface area contributed by atoms with E-state index in [1.165, 1.54) is 0 Å². The van der Waals surface area contributed by atoms with Crippen LogP contribution in [0, 0.1) is 0 Å². The normalized spacial score (nSPS) is 8.80. The van der Waals surface area contributed by atoms with Gasteiger partial charge in [0, 0.05) is 0 Å². The maximum atomic E-state index is 9.85. The Labute approximate surface area is 62.3 Å². The van der Waals surface area contributed by atoms with Crippen molar-refractivity contribution in [2.75, 3.05) is 5.43 Å². The molecule has 0 heterocycles. The number of benzene rings is 1. The highest BCUT2D eigenvalue weighted by molar-refractivity contribution is 7.54. The van der Waals surface area contributed by atoms with Gasteiger partial charge in [-0.3, -0.25) is 4.47 Å². The number of para-hydroxylation sites is 1. The summed E-state index contributed by atoms with van der Waals surface area (Å²) in [5, 5.41) is 0. The van der Waals surface area contributed by atoms with Crippen LogP contribution in [0.25, 0.3) is 0 Å². The zero-order valence-corrected chi connectivity index (χ0v) is 6.08. The van der Waals surface area contributed by atoms with Crippen LogP contribution in [0.4, 0.5) is 5.69 Å². The summed E-state index contributed by atoms with van der Waals surface area (Å²) in [5.74, 6) is 0. The average Bonchev–Trinajstić information content (AvgIpc) is 2.03. The predicted molar refractivity (Wildman–Crippen MR) is 41.9 cm³/mol. The topological polar surface area (TPSA) is 41.5 Å². The number of hydrogen-bond donors (Lipinski definition) is 1. The van der Waals surface area contributed by atoms with Crippen LogP contribution in [0.2, 0.25) is 0 Å². The number of nitrogens with one attached hydrogen (secondary N) is 1. The van der Waals surface area contributed by atoms with Crippen molar-refractivity contribution in [2.45, 2.75) is 0 Å². The van der Waals surface area contributed by atoms with Gasteiger partial charge in [-0.05, 0) is 12.1 Å². The highest BCUT2D eigenvalue weighted by Crippen LogP contribution is 2.03. The minimum absolute atomic E-state index is 0.246. The van der Waals surface area contributed by atoms with E-state index in [0.717, 1.165) is 5.69 Å². The first-order valence-corrected chi connectivity index (χ1v) is 3.53. The van der Waals surface area contributed by atoms with E-state index in [0.29, 0.717) is 0 Å². The van der Waals surface area contributed by atoms with Crippen molar-refractivity contribution in [3.05, 3.63) is 30.3 Å². The van der Waals surface area contributed by atoms with E-state index in [2.05, 4.69) is 9.90 Å². The van der Waals surface area contributed by atoms with Crippen LogP contribution < -0.4 is 5.43 Å². The van der Waals surface area contributed by atoms with Gasteiger partial charge in [-0.25, -0.2) is 0 Å². The van der Waals surface area contributed by atoms with Crippen LogP contribution in [-0.2, 0) is 15.7 Å². The first-order valence-electron chi connectivity index (χ1n) is 2.77. The third kappa shape index (κ3) is 2.06. The van der Waals surface area contributed by atoms with Gasteiger partial charge in [-0.1, -0.05) is 18.2 Å². The monoisotopic (exact) mass is 155 g/mol. The predicted octanol–water partition coefficient (Wildman–Crippen LogP) is 1.36. The molecule has 54 valence electrons. The molecule has 1 aromatic carbocycles. The number of anilines is 1. The Morgan fingerprint density at radius 1 is 1.30 bits per heavy atom. The Bertz CT molecular complexity index is 243. The molecule has 10 heavy (non-hydrogen) atoms. The molecule has 4 heteroatoms. The number of nitrogens with zero attached hydrogens (tertiary/aromatic N) is 1. The van der Waals surface area contributed by atoms with E-state index >= 15 is 0 Å². The molecule has 1 N–H and O–H groups in total. The standard InChI is InChI=1S/C6H7N2OS/c9-10-8-7-6-4-2-1-3-5-6/h1-5,7,10H/q-1. The van der Waals surface area contributed by atoms with E-state index < -0.39 is 0 Å². The minimum Gasteiger partial charge on any atom is -0.445 e. The molecule has 0 saturated carbocycles. The second-order valence-electron chi connectivity index (χ2n) is 1.66. The number of thiol groups is 1. The third-order valence-electron chi connectivity index (χ3n) is 0.994. The van der Waals surface area contributed by atoms with Crippen molar-refractivity contribution in [3.63, 3.8) is 0 Å². The summed E-state index contributed by atoms with van der Waals surface area (Å²) in [4.78, 5) is 0. The van der Waals surface area contributed by atoms with Crippen molar-refractivity contribution >= 4 is 17.2 Å². The molecule has 0 aromatic heterocycles. The second kappa shape index (κ2) is 3.90. The lowest BCUT2D eigenvalue weighted by molar-refractivity contribution is 0.608. The molecule has 0 aliphatic heterocycles.